The lowest BCUT2D eigenvalue weighted by Gasteiger charge is -2.17. The van der Waals surface area contributed by atoms with Crippen LogP contribution in [0.3, 0.4) is 0 Å². The average molecular weight is 296 g/mol. The number of hydrogen-bond acceptors (Lipinski definition) is 2. The molecule has 1 unspecified atom stereocenters. The van der Waals surface area contributed by atoms with Gasteiger partial charge in [0.2, 0.25) is 0 Å². The van der Waals surface area contributed by atoms with Crippen LogP contribution in [0.5, 0.6) is 0 Å². The molecule has 0 radical (unpaired) electrons. The number of hydrogen-bond donors (Lipinski definition) is 1. The van der Waals surface area contributed by atoms with Gasteiger partial charge in [-0.05, 0) is 44.0 Å². The Kier molecular flexibility index (Phi) is 5.15. The van der Waals surface area contributed by atoms with Gasteiger partial charge in [-0.1, -0.05) is 23.7 Å². The quantitative estimate of drug-likeness (QED) is 0.888. The van der Waals surface area contributed by atoms with E-state index in [1.54, 1.807) is 24.4 Å². The first-order valence-electron chi connectivity index (χ1n) is 6.69. The Morgan fingerprint density at radius 1 is 1.40 bits per heavy atom. The minimum absolute atomic E-state index is 0.184. The van der Waals surface area contributed by atoms with Gasteiger partial charge in [0.1, 0.15) is 5.82 Å². The third-order valence-electron chi connectivity index (χ3n) is 3.58. The first-order chi connectivity index (χ1) is 9.61. The van der Waals surface area contributed by atoms with Crippen molar-refractivity contribution in [3.8, 4) is 0 Å². The van der Waals surface area contributed by atoms with Gasteiger partial charge >= 0.3 is 0 Å². The highest BCUT2D eigenvalue weighted by Crippen LogP contribution is 2.20. The zero-order chi connectivity index (χ0) is 14.5. The van der Waals surface area contributed by atoms with E-state index in [9.17, 15) is 4.39 Å². The molecule has 2 aromatic rings. The van der Waals surface area contributed by atoms with Crippen LogP contribution in [0.2, 0.25) is 5.02 Å². The Balaban J connectivity index is 1.99. The first kappa shape index (κ1) is 15.0. The van der Waals surface area contributed by atoms with E-state index in [0.717, 1.165) is 12.8 Å². The second-order valence-corrected chi connectivity index (χ2v) is 5.29. The minimum Gasteiger partial charge on any atom is -0.317 e. The molecule has 5 heteroatoms. The normalized spacial score (nSPS) is 12.6. The predicted molar refractivity (Wildman–Crippen MR) is 79.5 cm³/mol. The lowest BCUT2D eigenvalue weighted by molar-refractivity contribution is 0.497. The van der Waals surface area contributed by atoms with Crippen molar-refractivity contribution in [2.75, 3.05) is 7.05 Å². The molecule has 20 heavy (non-hydrogen) atoms. The highest BCUT2D eigenvalue weighted by molar-refractivity contribution is 6.30. The number of nitrogens with zero attached hydrogens (tertiary/aromatic N) is 2. The molecule has 0 aliphatic carbocycles. The molecular formula is C15H19ClFN3. The smallest absolute Gasteiger partial charge is 0.145 e. The molecule has 0 aliphatic heterocycles. The maximum Gasteiger partial charge on any atom is 0.145 e. The number of aryl methyl sites for hydroxylation is 2. The molecule has 0 saturated heterocycles. The summed E-state index contributed by atoms with van der Waals surface area (Å²) in [6, 6.07) is 7.36. The van der Waals surface area contributed by atoms with Crippen molar-refractivity contribution in [1.29, 1.82) is 0 Å². The summed E-state index contributed by atoms with van der Waals surface area (Å²) in [5.41, 5.74) is 1.83. The van der Waals surface area contributed by atoms with Gasteiger partial charge < -0.3 is 5.32 Å². The van der Waals surface area contributed by atoms with E-state index in [1.807, 2.05) is 24.8 Å². The molecule has 0 bridgehead atoms. The average Bonchev–Trinajstić information content (AvgIpc) is 2.85. The van der Waals surface area contributed by atoms with E-state index in [2.05, 4.69) is 10.4 Å². The number of aromatic nitrogens is 2. The molecule has 0 aliphatic rings. The zero-order valence-electron chi connectivity index (χ0n) is 11.7. The van der Waals surface area contributed by atoms with Crippen LogP contribution in [-0.4, -0.2) is 22.9 Å². The lowest BCUT2D eigenvalue weighted by atomic mass is 10.0. The number of rotatable bonds is 6. The summed E-state index contributed by atoms with van der Waals surface area (Å²) in [5.74, 6) is -0.310. The fourth-order valence-electron chi connectivity index (χ4n) is 2.29. The van der Waals surface area contributed by atoms with Crippen molar-refractivity contribution in [3.63, 3.8) is 0 Å². The molecule has 1 aromatic carbocycles. The van der Waals surface area contributed by atoms with Gasteiger partial charge in [0, 0.05) is 25.0 Å². The highest BCUT2D eigenvalue weighted by atomic mass is 35.5. The Hall–Kier alpha value is -1.39. The van der Waals surface area contributed by atoms with Crippen LogP contribution >= 0.6 is 11.6 Å². The van der Waals surface area contributed by atoms with E-state index < -0.39 is 0 Å². The molecule has 0 fully saturated rings. The van der Waals surface area contributed by atoms with Crippen molar-refractivity contribution in [2.24, 2.45) is 7.05 Å². The second kappa shape index (κ2) is 6.86. The van der Waals surface area contributed by atoms with Crippen LogP contribution in [0.4, 0.5) is 4.39 Å². The predicted octanol–water partition coefficient (Wildman–Crippen LogP) is 2.98. The Bertz CT molecular complexity index is 568. The summed E-state index contributed by atoms with van der Waals surface area (Å²) >= 11 is 5.81. The standard InChI is InChI=1S/C15H19ClFN3/c1-18-12(6-7-13-8-9-19-20(13)2)10-11-4-3-5-14(16)15(11)17/h3-5,8-9,12,18H,6-7,10H2,1-2H3. The number of benzene rings is 1. The molecule has 1 N–H and O–H groups in total. The SMILES string of the molecule is CNC(CCc1ccnn1C)Cc1cccc(Cl)c1F. The van der Waals surface area contributed by atoms with Crippen molar-refractivity contribution < 1.29 is 4.39 Å². The van der Waals surface area contributed by atoms with Crippen molar-refractivity contribution >= 4 is 11.6 Å². The summed E-state index contributed by atoms with van der Waals surface area (Å²) in [4.78, 5) is 0. The van der Waals surface area contributed by atoms with E-state index in [4.69, 9.17) is 11.6 Å². The Morgan fingerprint density at radius 3 is 2.85 bits per heavy atom. The summed E-state index contributed by atoms with van der Waals surface area (Å²) < 4.78 is 15.8. The topological polar surface area (TPSA) is 29.9 Å². The molecule has 1 aromatic heterocycles. The van der Waals surface area contributed by atoms with Crippen molar-refractivity contribution in [3.05, 3.63) is 52.6 Å². The molecule has 0 spiro atoms. The van der Waals surface area contributed by atoms with Crippen LogP contribution < -0.4 is 5.32 Å². The molecular weight excluding hydrogens is 277 g/mol. The largest absolute Gasteiger partial charge is 0.317 e. The van der Waals surface area contributed by atoms with E-state index in [-0.39, 0.29) is 16.9 Å². The van der Waals surface area contributed by atoms with E-state index >= 15 is 0 Å². The third-order valence-corrected chi connectivity index (χ3v) is 3.87. The third kappa shape index (κ3) is 3.58. The fraction of sp³-hybridized carbons (Fsp3) is 0.400. The molecule has 1 atom stereocenters. The summed E-state index contributed by atoms with van der Waals surface area (Å²) in [6.45, 7) is 0. The molecule has 0 amide bonds. The summed E-state index contributed by atoms with van der Waals surface area (Å²) in [5, 5.41) is 7.57. The lowest BCUT2D eigenvalue weighted by Crippen LogP contribution is -2.28. The van der Waals surface area contributed by atoms with Gasteiger partial charge in [-0.3, -0.25) is 4.68 Å². The van der Waals surface area contributed by atoms with Crippen LogP contribution in [0.15, 0.2) is 30.5 Å². The molecule has 1 heterocycles. The van der Waals surface area contributed by atoms with E-state index in [1.165, 1.54) is 5.69 Å². The van der Waals surface area contributed by atoms with E-state index in [0.29, 0.717) is 12.0 Å². The molecule has 108 valence electrons. The molecule has 0 saturated carbocycles. The van der Waals surface area contributed by atoms with Crippen LogP contribution in [0.1, 0.15) is 17.7 Å². The molecule has 3 nitrogen and oxygen atoms in total. The number of nitrogens with one attached hydrogen (secondary N) is 1. The monoisotopic (exact) mass is 295 g/mol. The Morgan fingerprint density at radius 2 is 2.20 bits per heavy atom. The van der Waals surface area contributed by atoms with Gasteiger partial charge in [-0.15, -0.1) is 0 Å². The number of halogens is 2. The minimum atomic E-state index is -0.310. The van der Waals surface area contributed by atoms with Gasteiger partial charge in [0.15, 0.2) is 0 Å². The fourth-order valence-corrected chi connectivity index (χ4v) is 2.48. The van der Waals surface area contributed by atoms with Crippen LogP contribution in [-0.2, 0) is 19.9 Å². The Labute approximate surface area is 123 Å². The van der Waals surface area contributed by atoms with Gasteiger partial charge in [0.05, 0.1) is 5.02 Å². The zero-order valence-corrected chi connectivity index (χ0v) is 12.5. The second-order valence-electron chi connectivity index (χ2n) is 4.89. The summed E-state index contributed by atoms with van der Waals surface area (Å²) in [6.07, 6.45) is 4.24. The van der Waals surface area contributed by atoms with Gasteiger partial charge in [0.25, 0.3) is 0 Å². The highest BCUT2D eigenvalue weighted by Gasteiger charge is 2.13. The first-order valence-corrected chi connectivity index (χ1v) is 7.06. The van der Waals surface area contributed by atoms with Gasteiger partial charge in [-0.25, -0.2) is 4.39 Å². The van der Waals surface area contributed by atoms with Crippen LogP contribution in [0.25, 0.3) is 0 Å². The van der Waals surface area contributed by atoms with Crippen molar-refractivity contribution in [1.82, 2.24) is 15.1 Å². The maximum absolute atomic E-state index is 13.9. The maximum atomic E-state index is 13.9. The number of likely N-dealkylation sites (N-methyl/N-ethyl adjacent to an activating group) is 1. The summed E-state index contributed by atoms with van der Waals surface area (Å²) in [7, 11) is 3.83. The molecule has 2 rings (SSSR count). The van der Waals surface area contributed by atoms with Gasteiger partial charge in [-0.2, -0.15) is 5.10 Å². The van der Waals surface area contributed by atoms with Crippen molar-refractivity contribution in [2.45, 2.75) is 25.3 Å². The van der Waals surface area contributed by atoms with Crippen LogP contribution in [0, 0.1) is 5.82 Å².